The summed E-state index contributed by atoms with van der Waals surface area (Å²) in [5.74, 6) is 2.68. The van der Waals surface area contributed by atoms with Gasteiger partial charge in [-0.1, -0.05) is 30.3 Å². The van der Waals surface area contributed by atoms with Crippen LogP contribution in [0.2, 0.25) is 0 Å². The van der Waals surface area contributed by atoms with Crippen molar-refractivity contribution in [2.45, 2.75) is 13.8 Å². The number of hydrazone groups is 1. The van der Waals surface area contributed by atoms with E-state index in [-0.39, 0.29) is 0 Å². The minimum atomic E-state index is 0.655. The first kappa shape index (κ1) is 18.4. The first-order valence-corrected chi connectivity index (χ1v) is 8.54. The van der Waals surface area contributed by atoms with E-state index in [4.69, 9.17) is 9.47 Å². The number of rotatable bonds is 6. The number of nitrogens with zero attached hydrogens (tertiary/aromatic N) is 3. The molecule has 0 saturated carbocycles. The molecule has 0 saturated heterocycles. The van der Waals surface area contributed by atoms with Gasteiger partial charge in [0.05, 0.1) is 20.4 Å². The van der Waals surface area contributed by atoms with Crippen LogP contribution < -0.4 is 14.9 Å². The van der Waals surface area contributed by atoms with E-state index in [2.05, 4.69) is 20.5 Å². The Hall–Kier alpha value is -3.41. The monoisotopic (exact) mass is 362 g/mol. The summed E-state index contributed by atoms with van der Waals surface area (Å²) in [5.41, 5.74) is 6.74. The Morgan fingerprint density at radius 3 is 2.37 bits per heavy atom. The van der Waals surface area contributed by atoms with Gasteiger partial charge in [-0.25, -0.2) is 9.97 Å². The Labute approximate surface area is 158 Å². The van der Waals surface area contributed by atoms with Crippen molar-refractivity contribution < 1.29 is 9.47 Å². The topological polar surface area (TPSA) is 68.6 Å². The lowest BCUT2D eigenvalue weighted by molar-refractivity contribution is 0.355. The van der Waals surface area contributed by atoms with Crippen molar-refractivity contribution in [3.63, 3.8) is 0 Å². The molecule has 0 aliphatic rings. The molecule has 3 rings (SSSR count). The molecular weight excluding hydrogens is 340 g/mol. The average molecular weight is 362 g/mol. The standard InChI is InChI=1S/C21H22N4O2/c1-14-15(2)23-21(17-8-6-5-7-9-17)24-20(14)25-22-13-16-10-11-18(26-3)19(12-16)27-4/h5-13H,1-4H3,(H,23,24,25). The lowest BCUT2D eigenvalue weighted by Crippen LogP contribution is -2.03. The van der Waals surface area contributed by atoms with E-state index < -0.39 is 0 Å². The third-order valence-electron chi connectivity index (χ3n) is 4.21. The number of anilines is 1. The van der Waals surface area contributed by atoms with Gasteiger partial charge < -0.3 is 9.47 Å². The number of ether oxygens (including phenoxy) is 2. The highest BCUT2D eigenvalue weighted by Gasteiger charge is 2.09. The number of benzene rings is 2. The van der Waals surface area contributed by atoms with Gasteiger partial charge in [-0.05, 0) is 37.6 Å². The van der Waals surface area contributed by atoms with Gasteiger partial charge in [0.25, 0.3) is 0 Å². The van der Waals surface area contributed by atoms with Crippen LogP contribution in [0.5, 0.6) is 11.5 Å². The number of hydrogen-bond acceptors (Lipinski definition) is 6. The van der Waals surface area contributed by atoms with Crippen molar-refractivity contribution in [3.8, 4) is 22.9 Å². The first-order valence-electron chi connectivity index (χ1n) is 8.54. The summed E-state index contributed by atoms with van der Waals surface area (Å²) < 4.78 is 10.6. The zero-order valence-electron chi connectivity index (χ0n) is 15.9. The minimum absolute atomic E-state index is 0.655. The molecule has 6 nitrogen and oxygen atoms in total. The Morgan fingerprint density at radius 1 is 0.926 bits per heavy atom. The number of aromatic nitrogens is 2. The molecule has 0 atom stereocenters. The van der Waals surface area contributed by atoms with Crippen LogP contribution in [0.25, 0.3) is 11.4 Å². The van der Waals surface area contributed by atoms with Gasteiger partial charge in [-0.15, -0.1) is 0 Å². The van der Waals surface area contributed by atoms with Gasteiger partial charge in [0.2, 0.25) is 0 Å². The third kappa shape index (κ3) is 4.23. The van der Waals surface area contributed by atoms with Crippen molar-refractivity contribution >= 4 is 12.0 Å². The van der Waals surface area contributed by atoms with E-state index in [1.165, 1.54) is 0 Å². The molecule has 1 N–H and O–H groups in total. The van der Waals surface area contributed by atoms with E-state index >= 15 is 0 Å². The van der Waals surface area contributed by atoms with Gasteiger partial charge in [0.15, 0.2) is 23.1 Å². The maximum atomic E-state index is 5.31. The van der Waals surface area contributed by atoms with Gasteiger partial charge in [0.1, 0.15) is 0 Å². The van der Waals surface area contributed by atoms with Crippen molar-refractivity contribution in [1.82, 2.24) is 9.97 Å². The molecule has 0 fully saturated rings. The second kappa shape index (κ2) is 8.31. The SMILES string of the molecule is COc1ccc(C=NNc2nc(-c3ccccc3)nc(C)c2C)cc1OC. The zero-order valence-corrected chi connectivity index (χ0v) is 15.9. The minimum Gasteiger partial charge on any atom is -0.493 e. The fourth-order valence-corrected chi connectivity index (χ4v) is 2.56. The predicted octanol–water partition coefficient (Wildman–Crippen LogP) is 4.22. The number of nitrogens with one attached hydrogen (secondary N) is 1. The van der Waals surface area contributed by atoms with Crippen molar-refractivity contribution in [3.05, 3.63) is 65.4 Å². The molecule has 0 aliphatic carbocycles. The highest BCUT2D eigenvalue weighted by atomic mass is 16.5. The molecule has 2 aromatic carbocycles. The van der Waals surface area contributed by atoms with Crippen LogP contribution in [-0.4, -0.2) is 30.4 Å². The number of aryl methyl sites for hydroxylation is 1. The Morgan fingerprint density at radius 2 is 1.67 bits per heavy atom. The van der Waals surface area contributed by atoms with Crippen LogP contribution in [0.4, 0.5) is 5.82 Å². The Kier molecular flexibility index (Phi) is 5.66. The summed E-state index contributed by atoms with van der Waals surface area (Å²) in [6.07, 6.45) is 1.71. The van der Waals surface area contributed by atoms with Crippen LogP contribution in [0.3, 0.4) is 0 Å². The largest absolute Gasteiger partial charge is 0.493 e. The zero-order chi connectivity index (χ0) is 19.2. The van der Waals surface area contributed by atoms with Crippen molar-refractivity contribution in [2.24, 2.45) is 5.10 Å². The van der Waals surface area contributed by atoms with Gasteiger partial charge in [0, 0.05) is 16.8 Å². The lowest BCUT2D eigenvalue weighted by Gasteiger charge is -2.10. The summed E-state index contributed by atoms with van der Waals surface area (Å²) in [4.78, 5) is 9.19. The average Bonchev–Trinajstić information content (AvgIpc) is 2.71. The molecule has 1 aromatic heterocycles. The summed E-state index contributed by atoms with van der Waals surface area (Å²) in [6.45, 7) is 3.94. The molecule has 0 aliphatic heterocycles. The molecule has 0 spiro atoms. The van der Waals surface area contributed by atoms with Crippen LogP contribution >= 0.6 is 0 Å². The van der Waals surface area contributed by atoms with Crippen LogP contribution in [-0.2, 0) is 0 Å². The summed E-state index contributed by atoms with van der Waals surface area (Å²) >= 11 is 0. The third-order valence-corrected chi connectivity index (χ3v) is 4.21. The molecule has 0 unspecified atom stereocenters. The van der Waals surface area contributed by atoms with Crippen molar-refractivity contribution in [1.29, 1.82) is 0 Å². The molecule has 6 heteroatoms. The second-order valence-corrected chi connectivity index (χ2v) is 5.96. The quantitative estimate of drug-likeness (QED) is 0.525. The van der Waals surface area contributed by atoms with E-state index in [0.717, 1.165) is 22.4 Å². The highest BCUT2D eigenvalue weighted by Crippen LogP contribution is 2.27. The summed E-state index contributed by atoms with van der Waals surface area (Å²) in [6, 6.07) is 15.5. The van der Waals surface area contributed by atoms with E-state index in [1.54, 1.807) is 20.4 Å². The van der Waals surface area contributed by atoms with Gasteiger partial charge in [-0.3, -0.25) is 5.43 Å². The molecule has 27 heavy (non-hydrogen) atoms. The molecule has 1 heterocycles. The second-order valence-electron chi connectivity index (χ2n) is 5.96. The summed E-state index contributed by atoms with van der Waals surface area (Å²) in [7, 11) is 3.22. The molecule has 0 amide bonds. The number of hydrogen-bond donors (Lipinski definition) is 1. The van der Waals surface area contributed by atoms with Gasteiger partial charge in [-0.2, -0.15) is 5.10 Å². The highest BCUT2D eigenvalue weighted by molar-refractivity contribution is 5.81. The lowest BCUT2D eigenvalue weighted by atomic mass is 10.2. The summed E-state index contributed by atoms with van der Waals surface area (Å²) in [5, 5.41) is 4.32. The van der Waals surface area contributed by atoms with Gasteiger partial charge >= 0.3 is 0 Å². The van der Waals surface area contributed by atoms with Crippen LogP contribution in [0, 0.1) is 13.8 Å². The normalized spacial score (nSPS) is 10.8. The molecule has 0 bridgehead atoms. The smallest absolute Gasteiger partial charge is 0.161 e. The fraction of sp³-hybridized carbons (Fsp3) is 0.190. The van der Waals surface area contributed by atoms with Crippen LogP contribution in [0.15, 0.2) is 53.6 Å². The molecule has 0 radical (unpaired) electrons. The molecule has 138 valence electrons. The number of methoxy groups -OCH3 is 2. The predicted molar refractivity (Wildman–Crippen MR) is 108 cm³/mol. The maximum absolute atomic E-state index is 5.31. The van der Waals surface area contributed by atoms with E-state index in [9.17, 15) is 0 Å². The molecule has 3 aromatic rings. The van der Waals surface area contributed by atoms with E-state index in [0.29, 0.717) is 23.1 Å². The maximum Gasteiger partial charge on any atom is 0.161 e. The van der Waals surface area contributed by atoms with Crippen molar-refractivity contribution in [2.75, 3.05) is 19.6 Å². The van der Waals surface area contributed by atoms with Crippen LogP contribution in [0.1, 0.15) is 16.8 Å². The Bertz CT molecular complexity index is 956. The fourth-order valence-electron chi connectivity index (χ4n) is 2.56. The first-order chi connectivity index (χ1) is 13.1. The Balaban J connectivity index is 1.83. The molecular formula is C21H22N4O2. The van der Waals surface area contributed by atoms with E-state index in [1.807, 2.05) is 62.4 Å².